The molecular weight excluding hydrogens is 468 g/mol. The van der Waals surface area contributed by atoms with E-state index in [2.05, 4.69) is 15.0 Å². The molecule has 3 heterocycles. The van der Waals surface area contributed by atoms with Crippen molar-refractivity contribution < 1.29 is 13.9 Å². The lowest BCUT2D eigenvalue weighted by molar-refractivity contribution is -0.122. The van der Waals surface area contributed by atoms with Crippen molar-refractivity contribution in [3.8, 4) is 0 Å². The average molecular weight is 491 g/mol. The molecule has 0 bridgehead atoms. The number of nitrogens with one attached hydrogen (secondary N) is 1. The van der Waals surface area contributed by atoms with Gasteiger partial charge in [0.1, 0.15) is 5.76 Å². The highest BCUT2D eigenvalue weighted by molar-refractivity contribution is 8.18. The first-order valence-corrected chi connectivity index (χ1v) is 12.5. The molecule has 1 amide bonds. The lowest BCUT2D eigenvalue weighted by Crippen LogP contribution is -2.32. The fraction of sp³-hybridized carbons (Fsp3) is 0.160. The fourth-order valence-corrected chi connectivity index (χ4v) is 5.14. The van der Waals surface area contributed by atoms with Crippen LogP contribution in [0.4, 0.5) is 5.69 Å². The van der Waals surface area contributed by atoms with E-state index >= 15 is 0 Å². The maximum Gasteiger partial charge on any atom is 0.266 e. The highest BCUT2D eigenvalue weighted by Crippen LogP contribution is 2.35. The molecule has 5 rings (SSSR count). The highest BCUT2D eigenvalue weighted by atomic mass is 32.2. The molecular formula is C25H22N4O3S2. The monoisotopic (exact) mass is 490 g/mol. The second-order valence-electron chi connectivity index (χ2n) is 7.31. The van der Waals surface area contributed by atoms with Crippen molar-refractivity contribution in [2.45, 2.75) is 17.2 Å². The lowest BCUT2D eigenvalue weighted by Gasteiger charge is -2.15. The van der Waals surface area contributed by atoms with Gasteiger partial charge in [-0.05, 0) is 66.8 Å². The summed E-state index contributed by atoms with van der Waals surface area (Å²) in [4.78, 5) is 27.9. The first-order valence-electron chi connectivity index (χ1n) is 10.8. The van der Waals surface area contributed by atoms with Crippen molar-refractivity contribution in [3.63, 3.8) is 0 Å². The Labute approximate surface area is 205 Å². The number of carbonyl (C=O) groups excluding carboxylic acids is 1. The summed E-state index contributed by atoms with van der Waals surface area (Å²) in [6.45, 7) is 3.42. The Balaban J connectivity index is 1.35. The van der Waals surface area contributed by atoms with Crippen LogP contribution in [-0.2, 0) is 9.53 Å². The minimum atomic E-state index is -0.109. The minimum Gasteiger partial charge on any atom is -0.450 e. The van der Waals surface area contributed by atoms with Crippen LogP contribution in [0.3, 0.4) is 0 Å². The van der Waals surface area contributed by atoms with Crippen LogP contribution in [0.2, 0.25) is 0 Å². The summed E-state index contributed by atoms with van der Waals surface area (Å²) in [5.41, 5.74) is 2.68. The predicted octanol–water partition coefficient (Wildman–Crippen LogP) is 5.95. The van der Waals surface area contributed by atoms with E-state index in [1.165, 1.54) is 23.5 Å². The van der Waals surface area contributed by atoms with Gasteiger partial charge in [0.25, 0.3) is 5.91 Å². The Hall–Kier alpha value is -3.27. The van der Waals surface area contributed by atoms with Gasteiger partial charge in [0, 0.05) is 12.7 Å². The van der Waals surface area contributed by atoms with Crippen molar-refractivity contribution in [1.82, 2.24) is 14.9 Å². The Morgan fingerprint density at radius 2 is 1.97 bits per heavy atom. The second kappa shape index (κ2) is 10.3. The van der Waals surface area contributed by atoms with Gasteiger partial charge in [-0.15, -0.1) is 0 Å². The number of hydrogen-bond acceptors (Lipinski definition) is 7. The van der Waals surface area contributed by atoms with Gasteiger partial charge in [-0.2, -0.15) is 0 Å². The summed E-state index contributed by atoms with van der Waals surface area (Å²) in [6, 6.07) is 21.2. The maximum atomic E-state index is 13.1. The van der Waals surface area contributed by atoms with Gasteiger partial charge in [0.05, 0.1) is 34.8 Å². The Kier molecular flexibility index (Phi) is 6.84. The van der Waals surface area contributed by atoms with Crippen molar-refractivity contribution in [2.24, 2.45) is 4.99 Å². The number of fused-ring (bicyclic) bond motifs is 1. The SMILES string of the molecule is CCOCCN1C(=O)/C(=C/c2ccc(Sc3nc4ccccc4[nH]3)o2)SC1=Nc1ccccc1. The number of H-pyrrole nitrogens is 1. The fourth-order valence-electron chi connectivity index (χ4n) is 3.37. The number of aromatic nitrogens is 2. The standard InChI is InChI=1S/C25H22N4O3S2/c1-2-31-15-14-29-23(30)21(33-25(29)26-17-8-4-3-5-9-17)16-18-12-13-22(32-18)34-24-27-19-10-6-7-11-20(19)28-24/h3-13,16H,2,14-15H2,1H3,(H,27,28)/b21-16-,26-25?. The zero-order valence-electron chi connectivity index (χ0n) is 18.4. The Bertz CT molecular complexity index is 1330. The van der Waals surface area contributed by atoms with Crippen LogP contribution in [0.25, 0.3) is 17.1 Å². The summed E-state index contributed by atoms with van der Waals surface area (Å²) in [6.07, 6.45) is 1.76. The predicted molar refractivity (Wildman–Crippen MR) is 136 cm³/mol. The molecule has 0 radical (unpaired) electrons. The molecule has 0 atom stereocenters. The Morgan fingerprint density at radius 3 is 2.79 bits per heavy atom. The third kappa shape index (κ3) is 5.11. The smallest absolute Gasteiger partial charge is 0.266 e. The van der Waals surface area contributed by atoms with Gasteiger partial charge >= 0.3 is 0 Å². The van der Waals surface area contributed by atoms with E-state index in [-0.39, 0.29) is 5.91 Å². The van der Waals surface area contributed by atoms with E-state index < -0.39 is 0 Å². The number of rotatable bonds is 8. The van der Waals surface area contributed by atoms with E-state index in [4.69, 9.17) is 9.15 Å². The van der Waals surface area contributed by atoms with Crippen molar-refractivity contribution in [3.05, 3.63) is 77.4 Å². The summed E-state index contributed by atoms with van der Waals surface area (Å²) >= 11 is 2.74. The third-order valence-corrected chi connectivity index (χ3v) is 6.79. The third-order valence-electron chi connectivity index (χ3n) is 4.97. The van der Waals surface area contributed by atoms with Crippen LogP contribution in [0, 0.1) is 0 Å². The van der Waals surface area contributed by atoms with Crippen LogP contribution in [0.15, 0.2) is 91.3 Å². The lowest BCUT2D eigenvalue weighted by atomic mass is 10.3. The van der Waals surface area contributed by atoms with E-state index in [1.807, 2.05) is 73.7 Å². The molecule has 172 valence electrons. The molecule has 4 aromatic rings. The molecule has 1 fully saturated rings. The largest absolute Gasteiger partial charge is 0.450 e. The number of thioether (sulfide) groups is 1. The zero-order valence-corrected chi connectivity index (χ0v) is 20.1. The van der Waals surface area contributed by atoms with Gasteiger partial charge < -0.3 is 14.1 Å². The summed E-state index contributed by atoms with van der Waals surface area (Å²) in [5.74, 6) is 0.488. The van der Waals surface area contributed by atoms with Gasteiger partial charge in [0.15, 0.2) is 15.4 Å². The van der Waals surface area contributed by atoms with Crippen molar-refractivity contribution >= 4 is 57.4 Å². The summed E-state index contributed by atoms with van der Waals surface area (Å²) < 4.78 is 11.4. The summed E-state index contributed by atoms with van der Waals surface area (Å²) in [7, 11) is 0. The van der Waals surface area contributed by atoms with E-state index in [1.54, 1.807) is 11.0 Å². The van der Waals surface area contributed by atoms with E-state index in [0.717, 1.165) is 21.9 Å². The van der Waals surface area contributed by atoms with Gasteiger partial charge in [-0.1, -0.05) is 30.3 Å². The molecule has 34 heavy (non-hydrogen) atoms. The van der Waals surface area contributed by atoms with Crippen molar-refractivity contribution in [2.75, 3.05) is 19.8 Å². The molecule has 0 spiro atoms. The van der Waals surface area contributed by atoms with Gasteiger partial charge in [-0.25, -0.2) is 9.98 Å². The highest BCUT2D eigenvalue weighted by Gasteiger charge is 2.33. The number of imidazole rings is 1. The molecule has 2 aromatic heterocycles. The molecule has 1 aliphatic heterocycles. The number of benzene rings is 2. The maximum absolute atomic E-state index is 13.1. The number of hydrogen-bond donors (Lipinski definition) is 1. The van der Waals surface area contributed by atoms with Crippen LogP contribution < -0.4 is 0 Å². The number of nitrogens with zero attached hydrogens (tertiary/aromatic N) is 3. The molecule has 1 aliphatic rings. The minimum absolute atomic E-state index is 0.109. The van der Waals surface area contributed by atoms with E-state index in [9.17, 15) is 4.79 Å². The number of amides is 1. The number of para-hydroxylation sites is 3. The number of amidine groups is 1. The van der Waals surface area contributed by atoms with Crippen LogP contribution in [0.1, 0.15) is 12.7 Å². The molecule has 0 unspecified atom stereocenters. The molecule has 9 heteroatoms. The van der Waals surface area contributed by atoms with Crippen molar-refractivity contribution in [1.29, 1.82) is 0 Å². The number of aromatic amines is 1. The van der Waals surface area contributed by atoms with Gasteiger partial charge in [0.2, 0.25) is 0 Å². The van der Waals surface area contributed by atoms with Gasteiger partial charge in [-0.3, -0.25) is 9.69 Å². The normalized spacial score (nSPS) is 16.4. The quantitative estimate of drug-likeness (QED) is 0.243. The first-order chi connectivity index (χ1) is 16.7. The number of ether oxygens (including phenoxy) is 1. The topological polar surface area (TPSA) is 83.7 Å². The van der Waals surface area contributed by atoms with E-state index in [0.29, 0.717) is 40.7 Å². The first kappa shape index (κ1) is 22.5. The Morgan fingerprint density at radius 1 is 1.15 bits per heavy atom. The molecule has 1 N–H and O–H groups in total. The molecule has 7 nitrogen and oxygen atoms in total. The second-order valence-corrected chi connectivity index (χ2v) is 9.31. The number of carbonyl (C=O) groups is 1. The molecule has 0 aliphatic carbocycles. The number of furan rings is 1. The number of aliphatic imine (C=N–C) groups is 1. The summed E-state index contributed by atoms with van der Waals surface area (Å²) in [5, 5.41) is 2.07. The molecule has 1 saturated heterocycles. The molecule has 0 saturated carbocycles. The zero-order chi connectivity index (χ0) is 23.3. The molecule has 2 aromatic carbocycles. The average Bonchev–Trinajstić information content (AvgIpc) is 3.54. The van der Waals surface area contributed by atoms with Crippen LogP contribution >= 0.6 is 23.5 Å². The van der Waals surface area contributed by atoms with Crippen LogP contribution in [0.5, 0.6) is 0 Å². The van der Waals surface area contributed by atoms with Crippen LogP contribution in [-0.4, -0.2) is 45.7 Å².